The molecule has 0 saturated heterocycles. The van der Waals surface area contributed by atoms with E-state index in [0.717, 1.165) is 12.3 Å². The molecule has 3 atom stereocenters. The molecule has 2 aliphatic heterocycles. The number of benzene rings is 1. The van der Waals surface area contributed by atoms with Crippen LogP contribution in [0.4, 0.5) is 13.2 Å². The van der Waals surface area contributed by atoms with E-state index in [2.05, 4.69) is 15.4 Å². The molecule has 216 valence electrons. The van der Waals surface area contributed by atoms with Crippen molar-refractivity contribution in [2.45, 2.75) is 51.1 Å². The van der Waals surface area contributed by atoms with Crippen LogP contribution in [0.3, 0.4) is 0 Å². The number of rotatable bonds is 4. The highest BCUT2D eigenvalue weighted by molar-refractivity contribution is 6.42. The lowest BCUT2D eigenvalue weighted by molar-refractivity contribution is -0.141. The summed E-state index contributed by atoms with van der Waals surface area (Å²) in [6, 6.07) is 4.82. The zero-order valence-corrected chi connectivity index (χ0v) is 23.7. The summed E-state index contributed by atoms with van der Waals surface area (Å²) in [5.74, 6) is -1.25. The van der Waals surface area contributed by atoms with Crippen LogP contribution in [0.5, 0.6) is 0 Å². The van der Waals surface area contributed by atoms with Crippen molar-refractivity contribution < 1.29 is 27.6 Å². The van der Waals surface area contributed by atoms with Gasteiger partial charge in [-0.05, 0) is 49.7 Å². The standard InChI is InChI=1S/C27H25Cl2F3N6O3/c1-13-8-20-17(11-36(13)25(40)16-4-5-18(28)19(29)9-16)23-26(41)37(12-21(24(39)33-3)38(23)35-20)14(2)15-6-7-34-22(10-15)27(30,31)32/h4-7,9-10,13-14,21H,8,11-12H2,1-3H3,(H,33,39)/t13-,14-,21+/m1/s1. The van der Waals surface area contributed by atoms with Gasteiger partial charge in [-0.25, -0.2) is 4.68 Å². The zero-order valence-electron chi connectivity index (χ0n) is 22.2. The van der Waals surface area contributed by atoms with Gasteiger partial charge in [-0.2, -0.15) is 18.3 Å². The molecule has 0 aliphatic carbocycles. The number of hydrogen-bond donors (Lipinski definition) is 1. The van der Waals surface area contributed by atoms with Gasteiger partial charge in [0.05, 0.1) is 34.9 Å². The van der Waals surface area contributed by atoms with Gasteiger partial charge in [-0.3, -0.25) is 19.4 Å². The number of carbonyl (C=O) groups excluding carboxylic acids is 3. The summed E-state index contributed by atoms with van der Waals surface area (Å²) in [6.45, 7) is 3.37. The van der Waals surface area contributed by atoms with Gasteiger partial charge in [-0.15, -0.1) is 0 Å². The Bertz CT molecular complexity index is 1560. The zero-order chi connectivity index (χ0) is 29.8. The Kier molecular flexibility index (Phi) is 7.49. The van der Waals surface area contributed by atoms with Crippen LogP contribution in [0.2, 0.25) is 10.0 Å². The Morgan fingerprint density at radius 3 is 2.54 bits per heavy atom. The number of alkyl halides is 3. The smallest absolute Gasteiger partial charge is 0.357 e. The summed E-state index contributed by atoms with van der Waals surface area (Å²) in [6.07, 6.45) is -3.30. The number of aromatic nitrogens is 3. The van der Waals surface area contributed by atoms with Gasteiger partial charge < -0.3 is 15.1 Å². The predicted octanol–water partition coefficient (Wildman–Crippen LogP) is 4.69. The lowest BCUT2D eigenvalue weighted by Gasteiger charge is -2.38. The molecule has 5 rings (SSSR count). The minimum Gasteiger partial charge on any atom is -0.357 e. The van der Waals surface area contributed by atoms with Crippen LogP contribution >= 0.6 is 23.2 Å². The maximum atomic E-state index is 14.0. The van der Waals surface area contributed by atoms with Crippen LogP contribution in [0, 0.1) is 0 Å². The van der Waals surface area contributed by atoms with E-state index < -0.39 is 35.8 Å². The van der Waals surface area contributed by atoms with E-state index in [1.54, 1.807) is 17.9 Å². The second kappa shape index (κ2) is 10.6. The molecule has 4 heterocycles. The molecule has 2 aliphatic rings. The lowest BCUT2D eigenvalue weighted by atomic mass is 9.96. The number of nitrogens with zero attached hydrogens (tertiary/aromatic N) is 5. The lowest BCUT2D eigenvalue weighted by Crippen LogP contribution is -2.49. The van der Waals surface area contributed by atoms with E-state index in [0.29, 0.717) is 28.3 Å². The van der Waals surface area contributed by atoms with Gasteiger partial charge in [0.1, 0.15) is 17.4 Å². The highest BCUT2D eigenvalue weighted by Crippen LogP contribution is 2.37. The number of pyridine rings is 1. The van der Waals surface area contributed by atoms with E-state index in [1.165, 1.54) is 34.8 Å². The van der Waals surface area contributed by atoms with E-state index in [9.17, 15) is 27.6 Å². The molecule has 41 heavy (non-hydrogen) atoms. The minimum absolute atomic E-state index is 0.0345. The number of amides is 3. The number of nitrogens with one attached hydrogen (secondary N) is 1. The molecule has 1 N–H and O–H groups in total. The second-order valence-corrected chi connectivity index (χ2v) is 10.9. The van der Waals surface area contributed by atoms with Crippen molar-refractivity contribution >= 4 is 40.9 Å². The van der Waals surface area contributed by atoms with Gasteiger partial charge in [0.15, 0.2) is 0 Å². The molecule has 0 radical (unpaired) electrons. The van der Waals surface area contributed by atoms with Crippen molar-refractivity contribution in [1.82, 2.24) is 29.9 Å². The third-order valence-corrected chi connectivity index (χ3v) is 8.31. The number of carbonyl (C=O) groups is 3. The molecule has 0 unspecified atom stereocenters. The number of halogens is 5. The first-order valence-corrected chi connectivity index (χ1v) is 13.5. The predicted molar refractivity (Wildman–Crippen MR) is 144 cm³/mol. The van der Waals surface area contributed by atoms with Crippen LogP contribution in [-0.4, -0.2) is 61.9 Å². The molecular weight excluding hydrogens is 584 g/mol. The fraction of sp³-hybridized carbons (Fsp3) is 0.370. The fourth-order valence-electron chi connectivity index (χ4n) is 5.30. The van der Waals surface area contributed by atoms with Gasteiger partial charge >= 0.3 is 6.18 Å². The Morgan fingerprint density at radius 2 is 1.88 bits per heavy atom. The van der Waals surface area contributed by atoms with Crippen molar-refractivity contribution in [3.8, 4) is 0 Å². The molecule has 3 aromatic rings. The average molecular weight is 609 g/mol. The van der Waals surface area contributed by atoms with Gasteiger partial charge in [-0.1, -0.05) is 23.2 Å². The molecule has 0 spiro atoms. The first-order valence-electron chi connectivity index (χ1n) is 12.7. The Balaban J connectivity index is 1.54. The van der Waals surface area contributed by atoms with Crippen LogP contribution in [0.15, 0.2) is 36.5 Å². The van der Waals surface area contributed by atoms with Crippen LogP contribution in [0.25, 0.3) is 0 Å². The molecule has 9 nitrogen and oxygen atoms in total. The number of hydrogen-bond acceptors (Lipinski definition) is 5. The summed E-state index contributed by atoms with van der Waals surface area (Å²) < 4.78 is 41.4. The molecule has 0 bridgehead atoms. The number of fused-ring (bicyclic) bond motifs is 3. The van der Waals surface area contributed by atoms with Crippen molar-refractivity contribution in [2.75, 3.05) is 13.6 Å². The third-order valence-electron chi connectivity index (χ3n) is 7.57. The summed E-state index contributed by atoms with van der Waals surface area (Å²) in [4.78, 5) is 46.8. The molecule has 0 saturated carbocycles. The summed E-state index contributed by atoms with van der Waals surface area (Å²) in [5.41, 5.74) is 0.628. The van der Waals surface area contributed by atoms with Crippen molar-refractivity contribution in [3.05, 3.63) is 80.3 Å². The third kappa shape index (κ3) is 5.14. The summed E-state index contributed by atoms with van der Waals surface area (Å²) >= 11 is 12.1. The van der Waals surface area contributed by atoms with Gasteiger partial charge in [0, 0.05) is 36.8 Å². The van der Waals surface area contributed by atoms with Gasteiger partial charge in [0.25, 0.3) is 11.8 Å². The Labute approximate surface area is 243 Å². The summed E-state index contributed by atoms with van der Waals surface area (Å²) in [5, 5.41) is 7.73. The quantitative estimate of drug-likeness (QED) is 0.463. The van der Waals surface area contributed by atoms with Crippen molar-refractivity contribution in [1.29, 1.82) is 0 Å². The maximum absolute atomic E-state index is 14.0. The number of likely N-dealkylation sites (N-methyl/N-ethyl adjacent to an activating group) is 1. The highest BCUT2D eigenvalue weighted by Gasteiger charge is 2.44. The van der Waals surface area contributed by atoms with E-state index in [-0.39, 0.29) is 41.3 Å². The second-order valence-electron chi connectivity index (χ2n) is 10.1. The van der Waals surface area contributed by atoms with Crippen LogP contribution < -0.4 is 5.32 Å². The molecule has 14 heteroatoms. The van der Waals surface area contributed by atoms with E-state index >= 15 is 0 Å². The first-order chi connectivity index (χ1) is 19.3. The summed E-state index contributed by atoms with van der Waals surface area (Å²) in [7, 11) is 1.45. The van der Waals surface area contributed by atoms with Crippen LogP contribution in [0.1, 0.15) is 69.3 Å². The van der Waals surface area contributed by atoms with E-state index in [4.69, 9.17) is 23.2 Å². The first kappa shape index (κ1) is 28.9. The van der Waals surface area contributed by atoms with Gasteiger partial charge in [0.2, 0.25) is 5.91 Å². The Morgan fingerprint density at radius 1 is 1.15 bits per heavy atom. The van der Waals surface area contributed by atoms with Crippen molar-refractivity contribution in [3.63, 3.8) is 0 Å². The maximum Gasteiger partial charge on any atom is 0.433 e. The molecule has 1 aromatic carbocycles. The fourth-order valence-corrected chi connectivity index (χ4v) is 5.60. The molecular formula is C27H25Cl2F3N6O3. The largest absolute Gasteiger partial charge is 0.433 e. The molecule has 3 amide bonds. The average Bonchev–Trinajstić information content (AvgIpc) is 3.31. The topological polar surface area (TPSA) is 100 Å². The SMILES string of the molecule is CNC(=O)[C@@H]1CN([C@H](C)c2ccnc(C(F)(F)F)c2)C(=O)c2c3c(nn21)C[C@@H](C)N(C(=O)c1ccc(Cl)c(Cl)c1)C3. The normalized spacial score (nSPS) is 19.5. The monoisotopic (exact) mass is 608 g/mol. The molecule has 0 fully saturated rings. The van der Waals surface area contributed by atoms with Crippen LogP contribution in [-0.2, 0) is 23.9 Å². The Hall–Kier alpha value is -3.64. The van der Waals surface area contributed by atoms with Crippen molar-refractivity contribution in [2.24, 2.45) is 0 Å². The molecule has 2 aromatic heterocycles. The van der Waals surface area contributed by atoms with E-state index in [1.807, 2.05) is 6.92 Å². The highest BCUT2D eigenvalue weighted by atomic mass is 35.5. The minimum atomic E-state index is -4.66.